The Morgan fingerprint density at radius 1 is 0.903 bits per heavy atom. The second kappa shape index (κ2) is 8.20. The smallest absolute Gasteiger partial charge is 0.161 e. The van der Waals surface area contributed by atoms with E-state index in [1.54, 1.807) is 0 Å². The molecule has 0 spiro atoms. The Morgan fingerprint density at radius 2 is 1.71 bits per heavy atom. The minimum absolute atomic E-state index is 0.599. The summed E-state index contributed by atoms with van der Waals surface area (Å²) in [4.78, 5) is 7.57. The summed E-state index contributed by atoms with van der Waals surface area (Å²) in [5, 5.41) is 3.87. The van der Waals surface area contributed by atoms with Crippen LogP contribution in [0, 0.1) is 0 Å². The Balaban J connectivity index is 1.77. The number of ether oxygens (including phenoxy) is 2. The zero-order valence-corrected chi connectivity index (χ0v) is 18.4. The molecule has 158 valence electrons. The maximum absolute atomic E-state index is 5.90. The quantitative estimate of drug-likeness (QED) is 0.386. The molecule has 3 aromatic carbocycles. The number of fused-ring (bicyclic) bond motifs is 5. The van der Waals surface area contributed by atoms with E-state index in [0.29, 0.717) is 13.2 Å². The van der Waals surface area contributed by atoms with Gasteiger partial charge in [0.25, 0.3) is 0 Å². The van der Waals surface area contributed by atoms with Crippen LogP contribution in [-0.4, -0.2) is 36.7 Å². The highest BCUT2D eigenvalue weighted by Gasteiger charge is 2.23. The van der Waals surface area contributed by atoms with Crippen molar-refractivity contribution in [1.29, 1.82) is 0 Å². The number of likely N-dealkylation sites (N-methyl/N-ethyl adjacent to an activating group) is 1. The summed E-state index contributed by atoms with van der Waals surface area (Å²) >= 11 is 0. The van der Waals surface area contributed by atoms with Crippen molar-refractivity contribution in [3.8, 4) is 22.8 Å². The van der Waals surface area contributed by atoms with Crippen LogP contribution in [0.3, 0.4) is 0 Å². The van der Waals surface area contributed by atoms with Crippen molar-refractivity contribution in [2.75, 3.05) is 26.8 Å². The van der Waals surface area contributed by atoms with Crippen molar-refractivity contribution >= 4 is 21.7 Å². The van der Waals surface area contributed by atoms with Crippen molar-refractivity contribution in [3.63, 3.8) is 0 Å². The van der Waals surface area contributed by atoms with Crippen LogP contribution in [0.25, 0.3) is 32.9 Å². The van der Waals surface area contributed by atoms with Crippen LogP contribution in [0.15, 0.2) is 54.6 Å². The first-order valence-electron chi connectivity index (χ1n) is 11.1. The lowest BCUT2D eigenvalue weighted by atomic mass is 9.89. The van der Waals surface area contributed by atoms with Crippen LogP contribution in [0.2, 0.25) is 0 Å². The lowest BCUT2D eigenvalue weighted by Crippen LogP contribution is -2.27. The molecule has 2 heterocycles. The molecule has 5 rings (SSSR count). The monoisotopic (exact) mass is 412 g/mol. The van der Waals surface area contributed by atoms with Gasteiger partial charge in [-0.25, -0.2) is 4.98 Å². The van der Waals surface area contributed by atoms with Gasteiger partial charge in [0.2, 0.25) is 0 Å². The van der Waals surface area contributed by atoms with Gasteiger partial charge < -0.3 is 14.4 Å². The standard InChI is InChI=1S/C27H28N2O2/c1-4-30-24-13-11-19(16-25(24)31-5-2)27-22-17-29(3)15-14-21(22)26-20-9-7-6-8-18(20)10-12-23(26)28-27/h6-13,16H,4-5,14-15,17H2,1-3H3. The fraction of sp³-hybridized carbons (Fsp3) is 0.296. The van der Waals surface area contributed by atoms with E-state index in [1.807, 2.05) is 19.9 Å². The molecule has 0 bridgehead atoms. The average Bonchev–Trinajstić information content (AvgIpc) is 2.79. The minimum Gasteiger partial charge on any atom is -0.490 e. The van der Waals surface area contributed by atoms with Crippen molar-refractivity contribution < 1.29 is 9.47 Å². The Kier molecular flexibility index (Phi) is 5.24. The second-order valence-electron chi connectivity index (χ2n) is 8.11. The van der Waals surface area contributed by atoms with Gasteiger partial charge in [-0.15, -0.1) is 0 Å². The molecular weight excluding hydrogens is 384 g/mol. The van der Waals surface area contributed by atoms with E-state index < -0.39 is 0 Å². The van der Waals surface area contributed by atoms with E-state index in [1.165, 1.54) is 27.3 Å². The van der Waals surface area contributed by atoms with Crippen LogP contribution in [0.5, 0.6) is 11.5 Å². The third-order valence-electron chi connectivity index (χ3n) is 6.08. The SMILES string of the molecule is CCOc1ccc(-c2nc3ccc4ccccc4c3c3c2CN(C)CC3)cc1OCC. The summed E-state index contributed by atoms with van der Waals surface area (Å²) < 4.78 is 11.7. The van der Waals surface area contributed by atoms with Crippen LogP contribution in [0.4, 0.5) is 0 Å². The lowest BCUT2D eigenvalue weighted by molar-refractivity contribution is 0.288. The highest BCUT2D eigenvalue weighted by molar-refractivity contribution is 6.09. The molecule has 1 aromatic heterocycles. The fourth-order valence-corrected chi connectivity index (χ4v) is 4.69. The molecule has 0 saturated heterocycles. The van der Waals surface area contributed by atoms with Gasteiger partial charge in [0.05, 0.1) is 24.4 Å². The molecule has 0 atom stereocenters. The van der Waals surface area contributed by atoms with Crippen molar-refractivity contribution in [2.45, 2.75) is 26.8 Å². The topological polar surface area (TPSA) is 34.6 Å². The number of nitrogens with zero attached hydrogens (tertiary/aromatic N) is 2. The number of hydrogen-bond acceptors (Lipinski definition) is 4. The summed E-state index contributed by atoms with van der Waals surface area (Å²) in [5.74, 6) is 1.56. The van der Waals surface area contributed by atoms with Gasteiger partial charge in [-0.3, -0.25) is 0 Å². The van der Waals surface area contributed by atoms with Crippen LogP contribution >= 0.6 is 0 Å². The molecule has 4 aromatic rings. The Bertz CT molecular complexity index is 1270. The van der Waals surface area contributed by atoms with Gasteiger partial charge in [-0.05, 0) is 73.5 Å². The van der Waals surface area contributed by atoms with E-state index in [4.69, 9.17) is 14.5 Å². The summed E-state index contributed by atoms with van der Waals surface area (Å²) in [5.41, 5.74) is 5.94. The molecule has 0 fully saturated rings. The molecule has 1 aliphatic rings. The molecule has 1 aliphatic heterocycles. The van der Waals surface area contributed by atoms with Crippen molar-refractivity contribution in [3.05, 3.63) is 65.7 Å². The Hall–Kier alpha value is -3.11. The molecule has 4 heteroatoms. The van der Waals surface area contributed by atoms with E-state index in [-0.39, 0.29) is 0 Å². The Labute approximate surface area is 183 Å². The third-order valence-corrected chi connectivity index (χ3v) is 6.08. The predicted molar refractivity (Wildman–Crippen MR) is 127 cm³/mol. The van der Waals surface area contributed by atoms with Crippen molar-refractivity contribution in [2.24, 2.45) is 0 Å². The second-order valence-corrected chi connectivity index (χ2v) is 8.11. The number of hydrogen-bond donors (Lipinski definition) is 0. The molecule has 0 saturated carbocycles. The van der Waals surface area contributed by atoms with Crippen LogP contribution in [-0.2, 0) is 13.0 Å². The molecule has 0 unspecified atom stereocenters. The maximum Gasteiger partial charge on any atom is 0.161 e. The summed E-state index contributed by atoms with van der Waals surface area (Å²) in [6, 6.07) is 19.2. The van der Waals surface area contributed by atoms with Gasteiger partial charge in [0.1, 0.15) is 0 Å². The summed E-state index contributed by atoms with van der Waals surface area (Å²) in [7, 11) is 2.18. The van der Waals surface area contributed by atoms with Crippen molar-refractivity contribution in [1.82, 2.24) is 9.88 Å². The molecule has 31 heavy (non-hydrogen) atoms. The number of rotatable bonds is 5. The normalized spacial score (nSPS) is 14.0. The fourth-order valence-electron chi connectivity index (χ4n) is 4.69. The Morgan fingerprint density at radius 3 is 2.55 bits per heavy atom. The van der Waals surface area contributed by atoms with E-state index in [2.05, 4.69) is 60.5 Å². The lowest BCUT2D eigenvalue weighted by Gasteiger charge is -2.28. The van der Waals surface area contributed by atoms with E-state index >= 15 is 0 Å². The molecular formula is C27H28N2O2. The summed E-state index contributed by atoms with van der Waals surface area (Å²) in [6.45, 7) is 7.16. The van der Waals surface area contributed by atoms with Gasteiger partial charge in [0.15, 0.2) is 11.5 Å². The highest BCUT2D eigenvalue weighted by Crippen LogP contribution is 2.39. The molecule has 4 nitrogen and oxygen atoms in total. The largest absolute Gasteiger partial charge is 0.490 e. The molecule has 0 amide bonds. The molecule has 0 radical (unpaired) electrons. The predicted octanol–water partition coefficient (Wildman–Crippen LogP) is 5.84. The van der Waals surface area contributed by atoms with E-state index in [0.717, 1.165) is 47.8 Å². The minimum atomic E-state index is 0.599. The first-order chi connectivity index (χ1) is 15.2. The highest BCUT2D eigenvalue weighted by atomic mass is 16.5. The summed E-state index contributed by atoms with van der Waals surface area (Å²) in [6.07, 6.45) is 1.03. The number of aromatic nitrogens is 1. The first-order valence-corrected chi connectivity index (χ1v) is 11.1. The third kappa shape index (κ3) is 3.51. The number of pyridine rings is 1. The van der Waals surface area contributed by atoms with Gasteiger partial charge >= 0.3 is 0 Å². The van der Waals surface area contributed by atoms with Gasteiger partial charge in [-0.2, -0.15) is 0 Å². The zero-order chi connectivity index (χ0) is 21.4. The molecule has 0 aliphatic carbocycles. The van der Waals surface area contributed by atoms with Crippen LogP contribution < -0.4 is 9.47 Å². The van der Waals surface area contributed by atoms with Crippen LogP contribution in [0.1, 0.15) is 25.0 Å². The zero-order valence-electron chi connectivity index (χ0n) is 18.4. The first kappa shape index (κ1) is 19.8. The van der Waals surface area contributed by atoms with Gasteiger partial charge in [0, 0.05) is 24.0 Å². The maximum atomic E-state index is 5.90. The molecule has 0 N–H and O–H groups in total. The number of benzene rings is 3. The average molecular weight is 413 g/mol. The van der Waals surface area contributed by atoms with E-state index in [9.17, 15) is 0 Å². The van der Waals surface area contributed by atoms with Gasteiger partial charge in [-0.1, -0.05) is 30.3 Å².